The Balaban J connectivity index is 1.90. The van der Waals surface area contributed by atoms with E-state index in [9.17, 15) is 13.2 Å². The zero-order valence-corrected chi connectivity index (χ0v) is 14.6. The summed E-state index contributed by atoms with van der Waals surface area (Å²) < 4.78 is 33.9. The van der Waals surface area contributed by atoms with Gasteiger partial charge in [0.2, 0.25) is 10.0 Å². The number of primary sulfonamides is 1. The van der Waals surface area contributed by atoms with Gasteiger partial charge in [0.15, 0.2) is 0 Å². The highest BCUT2D eigenvalue weighted by Crippen LogP contribution is 2.39. The summed E-state index contributed by atoms with van der Waals surface area (Å²) in [5.41, 5.74) is 0.222. The standard InChI is InChI=1S/C16H22N2O5S/c1-22-14-6-5-12(24(17,20)21)7-13(14)16(19)18-8-10-3-4-11(9-18)15(10)23-2/h5-7,10-11,15H,3-4,8-9H2,1-2H3,(H2,17,20,21)/t10-,11+,15?. The van der Waals surface area contributed by atoms with Crippen LogP contribution in [0.5, 0.6) is 5.75 Å². The molecule has 1 aliphatic carbocycles. The average Bonchev–Trinajstić information content (AvgIpc) is 2.80. The molecule has 1 aliphatic heterocycles. The molecule has 1 saturated heterocycles. The van der Waals surface area contributed by atoms with Crippen LogP contribution in [-0.4, -0.2) is 52.6 Å². The Hall–Kier alpha value is -1.64. The number of hydrogen-bond acceptors (Lipinski definition) is 5. The van der Waals surface area contributed by atoms with Crippen LogP contribution >= 0.6 is 0 Å². The van der Waals surface area contributed by atoms with Crippen LogP contribution in [0.4, 0.5) is 0 Å². The highest BCUT2D eigenvalue weighted by atomic mass is 32.2. The lowest BCUT2D eigenvalue weighted by Crippen LogP contribution is -2.48. The van der Waals surface area contributed by atoms with Crippen molar-refractivity contribution >= 4 is 15.9 Å². The van der Waals surface area contributed by atoms with Crippen LogP contribution in [0.1, 0.15) is 23.2 Å². The largest absolute Gasteiger partial charge is 0.496 e. The van der Waals surface area contributed by atoms with Crippen LogP contribution in [0.15, 0.2) is 23.1 Å². The molecule has 2 bridgehead atoms. The van der Waals surface area contributed by atoms with Crippen molar-refractivity contribution in [3.05, 3.63) is 23.8 Å². The Morgan fingerprint density at radius 1 is 1.21 bits per heavy atom. The smallest absolute Gasteiger partial charge is 0.257 e. The molecular formula is C16H22N2O5S. The van der Waals surface area contributed by atoms with Crippen molar-refractivity contribution in [3.63, 3.8) is 0 Å². The van der Waals surface area contributed by atoms with Gasteiger partial charge in [0, 0.05) is 32.0 Å². The van der Waals surface area contributed by atoms with E-state index in [-0.39, 0.29) is 22.5 Å². The summed E-state index contributed by atoms with van der Waals surface area (Å²) in [6, 6.07) is 4.09. The van der Waals surface area contributed by atoms with Gasteiger partial charge >= 0.3 is 0 Å². The number of carbonyl (C=O) groups is 1. The summed E-state index contributed by atoms with van der Waals surface area (Å²) in [7, 11) is -0.720. The minimum atomic E-state index is -3.88. The van der Waals surface area contributed by atoms with Gasteiger partial charge in [-0.3, -0.25) is 4.79 Å². The van der Waals surface area contributed by atoms with Gasteiger partial charge in [0.25, 0.3) is 5.91 Å². The highest BCUT2D eigenvalue weighted by molar-refractivity contribution is 7.89. The highest BCUT2D eigenvalue weighted by Gasteiger charge is 2.43. The third-order valence-corrected chi connectivity index (χ3v) is 5.95. The van der Waals surface area contributed by atoms with Gasteiger partial charge in [-0.25, -0.2) is 13.6 Å². The van der Waals surface area contributed by atoms with Crippen molar-refractivity contribution in [1.82, 2.24) is 4.90 Å². The number of methoxy groups -OCH3 is 2. The van der Waals surface area contributed by atoms with E-state index in [4.69, 9.17) is 14.6 Å². The molecule has 1 heterocycles. The summed E-state index contributed by atoms with van der Waals surface area (Å²) in [4.78, 5) is 14.6. The molecule has 1 aromatic rings. The summed E-state index contributed by atoms with van der Waals surface area (Å²) in [6.07, 6.45) is 2.29. The number of amides is 1. The molecule has 0 radical (unpaired) electrons. The summed E-state index contributed by atoms with van der Waals surface area (Å²) >= 11 is 0. The number of benzene rings is 1. The maximum absolute atomic E-state index is 12.9. The lowest BCUT2D eigenvalue weighted by molar-refractivity contribution is -0.0114. The zero-order chi connectivity index (χ0) is 17.5. The molecule has 24 heavy (non-hydrogen) atoms. The topological polar surface area (TPSA) is 98.9 Å². The molecule has 2 aliphatic rings. The lowest BCUT2D eigenvalue weighted by Gasteiger charge is -2.37. The first-order chi connectivity index (χ1) is 11.3. The third-order valence-electron chi connectivity index (χ3n) is 5.04. The molecule has 1 aromatic carbocycles. The maximum Gasteiger partial charge on any atom is 0.257 e. The number of piperidine rings is 1. The SMILES string of the molecule is COc1ccc(S(N)(=O)=O)cc1C(=O)N1C[C@H]2CC[C@@H](C1)C2OC. The van der Waals surface area contributed by atoms with Gasteiger partial charge in [0.1, 0.15) is 5.75 Å². The van der Waals surface area contributed by atoms with Gasteiger partial charge in [-0.1, -0.05) is 0 Å². The number of nitrogens with zero attached hydrogens (tertiary/aromatic N) is 1. The van der Waals surface area contributed by atoms with Crippen LogP contribution < -0.4 is 9.88 Å². The van der Waals surface area contributed by atoms with Crippen LogP contribution in [0.2, 0.25) is 0 Å². The third kappa shape index (κ3) is 3.01. The normalized spacial score (nSPS) is 26.5. The van der Waals surface area contributed by atoms with E-state index in [0.29, 0.717) is 30.7 Å². The molecule has 0 aromatic heterocycles. The number of sulfonamides is 1. The maximum atomic E-state index is 12.9. The number of carbonyl (C=O) groups excluding carboxylic acids is 1. The Morgan fingerprint density at radius 3 is 2.33 bits per heavy atom. The number of rotatable bonds is 4. The molecule has 0 spiro atoms. The van der Waals surface area contributed by atoms with E-state index in [1.165, 1.54) is 25.3 Å². The van der Waals surface area contributed by atoms with Gasteiger partial charge < -0.3 is 14.4 Å². The van der Waals surface area contributed by atoms with Crippen molar-refractivity contribution in [2.75, 3.05) is 27.3 Å². The predicted molar refractivity (Wildman–Crippen MR) is 87.3 cm³/mol. The van der Waals surface area contributed by atoms with E-state index in [1.54, 1.807) is 12.0 Å². The molecule has 7 nitrogen and oxygen atoms in total. The molecule has 3 atom stereocenters. The van der Waals surface area contributed by atoms with Crippen molar-refractivity contribution in [3.8, 4) is 5.75 Å². The van der Waals surface area contributed by atoms with Gasteiger partial charge in [0.05, 0.1) is 23.7 Å². The number of fused-ring (bicyclic) bond motifs is 2. The first-order valence-corrected chi connectivity index (χ1v) is 9.42. The van der Waals surface area contributed by atoms with Gasteiger partial charge in [-0.2, -0.15) is 0 Å². The van der Waals surface area contributed by atoms with Crippen LogP contribution in [0.3, 0.4) is 0 Å². The minimum absolute atomic E-state index is 0.0959. The van der Waals surface area contributed by atoms with E-state index < -0.39 is 10.0 Å². The van der Waals surface area contributed by atoms with Crippen molar-refractivity contribution in [2.45, 2.75) is 23.8 Å². The second-order valence-electron chi connectivity index (χ2n) is 6.42. The molecule has 8 heteroatoms. The second kappa shape index (κ2) is 6.34. The van der Waals surface area contributed by atoms with E-state index >= 15 is 0 Å². The molecule has 2 N–H and O–H groups in total. The Bertz CT molecular complexity index is 735. The van der Waals surface area contributed by atoms with Crippen molar-refractivity contribution in [2.24, 2.45) is 17.0 Å². The van der Waals surface area contributed by atoms with Crippen LogP contribution in [-0.2, 0) is 14.8 Å². The van der Waals surface area contributed by atoms with Gasteiger partial charge in [-0.15, -0.1) is 0 Å². The molecule has 2 fully saturated rings. The van der Waals surface area contributed by atoms with E-state index in [0.717, 1.165) is 12.8 Å². The number of ether oxygens (including phenoxy) is 2. The molecule has 3 rings (SSSR count). The average molecular weight is 354 g/mol. The van der Waals surface area contributed by atoms with Crippen LogP contribution in [0.25, 0.3) is 0 Å². The van der Waals surface area contributed by atoms with Crippen LogP contribution in [0, 0.1) is 11.8 Å². The summed E-state index contributed by atoms with van der Waals surface area (Å²) in [5, 5.41) is 5.18. The van der Waals surface area contributed by atoms with E-state index in [1.807, 2.05) is 0 Å². The Labute approximate surface area is 141 Å². The van der Waals surface area contributed by atoms with Crippen molar-refractivity contribution in [1.29, 1.82) is 0 Å². The lowest BCUT2D eigenvalue weighted by atomic mass is 9.94. The first kappa shape index (κ1) is 17.2. The number of nitrogens with two attached hydrogens (primary N) is 1. The Kier molecular flexibility index (Phi) is 4.54. The fourth-order valence-corrected chi connectivity index (χ4v) is 4.46. The molecule has 1 unspecified atom stereocenters. The van der Waals surface area contributed by atoms with Crippen molar-refractivity contribution < 1.29 is 22.7 Å². The number of hydrogen-bond donors (Lipinski definition) is 1. The fraction of sp³-hybridized carbons (Fsp3) is 0.562. The Morgan fingerprint density at radius 2 is 1.83 bits per heavy atom. The first-order valence-electron chi connectivity index (χ1n) is 7.88. The quantitative estimate of drug-likeness (QED) is 0.864. The summed E-state index contributed by atoms with van der Waals surface area (Å²) in [5.74, 6) is 0.757. The second-order valence-corrected chi connectivity index (χ2v) is 7.98. The fourth-order valence-electron chi connectivity index (χ4n) is 3.92. The zero-order valence-electron chi connectivity index (χ0n) is 13.8. The summed E-state index contributed by atoms with van der Waals surface area (Å²) in [6.45, 7) is 1.22. The van der Waals surface area contributed by atoms with Gasteiger partial charge in [-0.05, 0) is 31.0 Å². The molecular weight excluding hydrogens is 332 g/mol. The predicted octanol–water partition coefficient (Wildman–Crippen LogP) is 0.840. The molecule has 1 amide bonds. The number of likely N-dealkylation sites (tertiary alicyclic amines) is 1. The monoisotopic (exact) mass is 354 g/mol. The molecule has 1 saturated carbocycles. The minimum Gasteiger partial charge on any atom is -0.496 e. The van der Waals surface area contributed by atoms with E-state index in [2.05, 4.69) is 0 Å². The molecule has 132 valence electrons.